The maximum atomic E-state index is 13.6. The van der Waals surface area contributed by atoms with Gasteiger partial charge in [0, 0.05) is 24.7 Å². The number of anilines is 1. The Balaban J connectivity index is 2.25. The van der Waals surface area contributed by atoms with Crippen LogP contribution < -0.4 is 10.6 Å². The molecular weight excluding hydrogens is 226 g/mol. The van der Waals surface area contributed by atoms with Crippen molar-refractivity contribution in [1.29, 1.82) is 0 Å². The van der Waals surface area contributed by atoms with Crippen LogP contribution >= 0.6 is 0 Å². The van der Waals surface area contributed by atoms with Crippen molar-refractivity contribution < 1.29 is 13.6 Å². The molecule has 1 aromatic rings. The minimum Gasteiger partial charge on any atom is -0.322 e. The summed E-state index contributed by atoms with van der Waals surface area (Å²) in [4.78, 5) is 12.0. The number of amides is 1. The van der Waals surface area contributed by atoms with Crippen molar-refractivity contribution >= 4 is 11.6 Å². The minimum absolute atomic E-state index is 0.0877. The molecule has 2 N–H and O–H groups in total. The molecule has 3 rings (SSSR count). The summed E-state index contributed by atoms with van der Waals surface area (Å²) in [6.07, 6.45) is 3.50. The van der Waals surface area contributed by atoms with Crippen LogP contribution in [0.3, 0.4) is 0 Å². The number of hydrogen-bond donors (Lipinski definition) is 2. The highest BCUT2D eigenvalue weighted by Gasteiger charge is 2.46. The molecule has 0 unspecified atom stereocenters. The Morgan fingerprint density at radius 2 is 2.12 bits per heavy atom. The third kappa shape index (κ3) is 1.32. The highest BCUT2D eigenvalue weighted by atomic mass is 19.1. The van der Waals surface area contributed by atoms with Gasteiger partial charge in [0.15, 0.2) is 0 Å². The van der Waals surface area contributed by atoms with E-state index in [2.05, 4.69) is 10.6 Å². The second-order valence-corrected chi connectivity index (χ2v) is 4.27. The number of carbonyl (C=O) groups excluding carboxylic acids is 1. The number of hydrogen-bond acceptors (Lipinski definition) is 2. The fraction of sp³-hybridized carbons (Fsp3) is 0.250. The van der Waals surface area contributed by atoms with Crippen molar-refractivity contribution in [3.05, 3.63) is 41.5 Å². The van der Waals surface area contributed by atoms with Crippen molar-refractivity contribution in [2.45, 2.75) is 5.41 Å². The average Bonchev–Trinajstić information content (AvgIpc) is 2.56. The summed E-state index contributed by atoms with van der Waals surface area (Å²) in [5, 5.41) is 5.52. The van der Waals surface area contributed by atoms with Gasteiger partial charge >= 0.3 is 0 Å². The number of fused-ring (bicyclic) bond motifs is 2. The van der Waals surface area contributed by atoms with E-state index in [9.17, 15) is 13.6 Å². The van der Waals surface area contributed by atoms with Crippen molar-refractivity contribution in [2.24, 2.45) is 0 Å². The second kappa shape index (κ2) is 3.37. The fourth-order valence-corrected chi connectivity index (χ4v) is 2.41. The topological polar surface area (TPSA) is 41.1 Å². The molecule has 5 heteroatoms. The molecule has 0 saturated heterocycles. The lowest BCUT2D eigenvalue weighted by Gasteiger charge is -2.27. The fourth-order valence-electron chi connectivity index (χ4n) is 2.41. The molecule has 1 spiro atoms. The molecule has 0 saturated carbocycles. The van der Waals surface area contributed by atoms with Gasteiger partial charge in [-0.15, -0.1) is 0 Å². The summed E-state index contributed by atoms with van der Waals surface area (Å²) in [6, 6.07) is 1.99. The number of benzene rings is 1. The zero-order valence-electron chi connectivity index (χ0n) is 8.89. The van der Waals surface area contributed by atoms with Crippen molar-refractivity contribution in [2.75, 3.05) is 18.4 Å². The Bertz CT molecular complexity index is 542. The third-order valence-corrected chi connectivity index (χ3v) is 3.25. The molecule has 0 bridgehead atoms. The van der Waals surface area contributed by atoms with Crippen molar-refractivity contribution in [3.63, 3.8) is 0 Å². The van der Waals surface area contributed by atoms with Gasteiger partial charge in [0.2, 0.25) is 5.91 Å². The maximum Gasteiger partial charge on any atom is 0.240 e. The molecule has 1 amide bonds. The first-order chi connectivity index (χ1) is 8.13. The molecule has 2 aliphatic heterocycles. The first kappa shape index (κ1) is 10.4. The molecule has 1 atom stereocenters. The highest BCUT2D eigenvalue weighted by molar-refractivity contribution is 6.08. The van der Waals surface area contributed by atoms with Gasteiger partial charge in [0.25, 0.3) is 0 Å². The van der Waals surface area contributed by atoms with Gasteiger partial charge in [-0.25, -0.2) is 8.78 Å². The third-order valence-electron chi connectivity index (χ3n) is 3.25. The molecule has 2 heterocycles. The first-order valence-corrected chi connectivity index (χ1v) is 5.33. The lowest BCUT2D eigenvalue weighted by Crippen LogP contribution is -2.45. The van der Waals surface area contributed by atoms with E-state index in [4.69, 9.17) is 0 Å². The van der Waals surface area contributed by atoms with Crippen LogP contribution in [0.15, 0.2) is 24.3 Å². The maximum absolute atomic E-state index is 13.6. The van der Waals surface area contributed by atoms with E-state index in [1.165, 1.54) is 6.07 Å². The summed E-state index contributed by atoms with van der Waals surface area (Å²) in [5.74, 6) is -1.72. The van der Waals surface area contributed by atoms with Crippen molar-refractivity contribution in [3.8, 4) is 0 Å². The quantitative estimate of drug-likeness (QED) is 0.667. The smallest absolute Gasteiger partial charge is 0.240 e. The van der Waals surface area contributed by atoms with Crippen LogP contribution in [0.5, 0.6) is 0 Å². The SMILES string of the molecule is O=C1Nc2c(F)cc(F)cc2[C@]12C=CCNC2. The summed E-state index contributed by atoms with van der Waals surface area (Å²) in [6.45, 7) is 1.01. The normalized spacial score (nSPS) is 26.1. The van der Waals surface area contributed by atoms with Gasteiger partial charge in [-0.05, 0) is 6.07 Å². The lowest BCUT2D eigenvalue weighted by atomic mass is 9.79. The van der Waals surface area contributed by atoms with Gasteiger partial charge in [-0.2, -0.15) is 0 Å². The second-order valence-electron chi connectivity index (χ2n) is 4.27. The van der Waals surface area contributed by atoms with Crippen LogP contribution in [0.1, 0.15) is 5.56 Å². The van der Waals surface area contributed by atoms with Crippen LogP contribution in [0.25, 0.3) is 0 Å². The first-order valence-electron chi connectivity index (χ1n) is 5.33. The van der Waals surface area contributed by atoms with E-state index in [0.717, 1.165) is 6.07 Å². The van der Waals surface area contributed by atoms with Crippen LogP contribution in [0.4, 0.5) is 14.5 Å². The molecule has 0 aromatic heterocycles. The molecule has 17 heavy (non-hydrogen) atoms. The monoisotopic (exact) mass is 236 g/mol. The van der Waals surface area contributed by atoms with Crippen LogP contribution in [0.2, 0.25) is 0 Å². The van der Waals surface area contributed by atoms with Gasteiger partial charge in [-0.1, -0.05) is 12.2 Å². The van der Waals surface area contributed by atoms with E-state index in [0.29, 0.717) is 18.7 Å². The molecule has 0 aliphatic carbocycles. The van der Waals surface area contributed by atoms with Gasteiger partial charge in [0.05, 0.1) is 5.69 Å². The number of halogens is 2. The molecule has 2 aliphatic rings. The number of rotatable bonds is 0. The highest BCUT2D eigenvalue weighted by Crippen LogP contribution is 2.41. The van der Waals surface area contributed by atoms with Gasteiger partial charge < -0.3 is 10.6 Å². The van der Waals surface area contributed by atoms with E-state index < -0.39 is 17.0 Å². The molecule has 1 aromatic carbocycles. The standard InChI is InChI=1S/C12H10F2N2O/c13-7-4-8-10(9(14)5-7)16-11(17)12(8)2-1-3-15-6-12/h1-2,4-5,15H,3,6H2,(H,16,17)/t12-/m1/s1. The molecular formula is C12H10F2N2O. The van der Waals surface area contributed by atoms with Crippen LogP contribution in [-0.4, -0.2) is 19.0 Å². The van der Waals surface area contributed by atoms with Crippen LogP contribution in [-0.2, 0) is 10.2 Å². The van der Waals surface area contributed by atoms with Crippen LogP contribution in [0, 0.1) is 11.6 Å². The van der Waals surface area contributed by atoms with Gasteiger partial charge in [-0.3, -0.25) is 4.79 Å². The predicted molar refractivity (Wildman–Crippen MR) is 58.7 cm³/mol. The summed E-state index contributed by atoms with van der Waals surface area (Å²) in [7, 11) is 0. The van der Waals surface area contributed by atoms with Crippen molar-refractivity contribution in [1.82, 2.24) is 5.32 Å². The zero-order chi connectivity index (χ0) is 12.0. The van der Waals surface area contributed by atoms with E-state index in [-0.39, 0.29) is 11.6 Å². The Morgan fingerprint density at radius 3 is 2.82 bits per heavy atom. The number of carbonyl (C=O) groups is 1. The molecule has 88 valence electrons. The number of nitrogens with one attached hydrogen (secondary N) is 2. The largest absolute Gasteiger partial charge is 0.322 e. The summed E-state index contributed by atoms with van der Waals surface area (Å²) < 4.78 is 26.8. The molecule has 3 nitrogen and oxygen atoms in total. The zero-order valence-corrected chi connectivity index (χ0v) is 8.89. The molecule has 0 fully saturated rings. The van der Waals surface area contributed by atoms with E-state index in [1.54, 1.807) is 12.2 Å². The Labute approximate surface area is 96.5 Å². The average molecular weight is 236 g/mol. The lowest BCUT2D eigenvalue weighted by molar-refractivity contribution is -0.119. The Kier molecular flexibility index (Phi) is 2.06. The minimum atomic E-state index is -0.976. The Morgan fingerprint density at radius 1 is 1.29 bits per heavy atom. The van der Waals surface area contributed by atoms with E-state index >= 15 is 0 Å². The summed E-state index contributed by atoms with van der Waals surface area (Å²) in [5.41, 5.74) is -0.524. The van der Waals surface area contributed by atoms with E-state index in [1.807, 2.05) is 0 Å². The Hall–Kier alpha value is -1.75. The summed E-state index contributed by atoms with van der Waals surface area (Å²) >= 11 is 0. The van der Waals surface area contributed by atoms with Gasteiger partial charge in [0.1, 0.15) is 17.0 Å². The molecule has 0 radical (unpaired) electrons. The predicted octanol–water partition coefficient (Wildman–Crippen LogP) is 1.31.